The van der Waals surface area contributed by atoms with Gasteiger partial charge in [-0.2, -0.15) is 0 Å². The molecule has 1 heterocycles. The Morgan fingerprint density at radius 3 is 2.25 bits per heavy atom. The minimum Gasteiger partial charge on any atom is -0.314 e. The number of halogens is 1. The van der Waals surface area contributed by atoms with Crippen LogP contribution in [-0.2, 0) is 4.79 Å². The molecule has 0 saturated carbocycles. The van der Waals surface area contributed by atoms with E-state index >= 15 is 0 Å². The van der Waals surface area contributed by atoms with E-state index in [9.17, 15) is 9.18 Å². The van der Waals surface area contributed by atoms with Crippen LogP contribution in [0.15, 0.2) is 24.3 Å². The first-order valence-electron chi connectivity index (χ1n) is 7.07. The van der Waals surface area contributed by atoms with Crippen LogP contribution in [0.4, 0.5) is 10.1 Å². The van der Waals surface area contributed by atoms with Crippen molar-refractivity contribution < 1.29 is 9.18 Å². The van der Waals surface area contributed by atoms with Crippen LogP contribution < -0.4 is 4.90 Å². The molecular formula is C15H22FN3O. The molecule has 0 bridgehead atoms. The Bertz CT molecular complexity index is 441. The summed E-state index contributed by atoms with van der Waals surface area (Å²) in [5, 5.41) is 0. The van der Waals surface area contributed by atoms with Crippen LogP contribution in [0, 0.1) is 5.82 Å². The van der Waals surface area contributed by atoms with E-state index in [1.807, 2.05) is 0 Å². The first-order valence-corrected chi connectivity index (χ1v) is 7.07. The molecule has 5 heteroatoms. The highest BCUT2D eigenvalue weighted by atomic mass is 19.1. The molecule has 2 rings (SSSR count). The lowest BCUT2D eigenvalue weighted by molar-refractivity contribution is -0.119. The summed E-state index contributed by atoms with van der Waals surface area (Å²) in [6, 6.07) is 6.00. The van der Waals surface area contributed by atoms with E-state index in [1.54, 1.807) is 24.1 Å². The number of piperazine rings is 1. The summed E-state index contributed by atoms with van der Waals surface area (Å²) in [6.07, 6.45) is 0. The lowest BCUT2D eigenvalue weighted by atomic mass is 10.2. The molecule has 0 unspecified atom stereocenters. The number of anilines is 1. The molecule has 1 aliphatic heterocycles. The molecule has 4 nitrogen and oxygen atoms in total. The molecule has 1 amide bonds. The zero-order valence-electron chi connectivity index (χ0n) is 12.2. The van der Waals surface area contributed by atoms with Crippen molar-refractivity contribution in [1.29, 1.82) is 0 Å². The summed E-state index contributed by atoms with van der Waals surface area (Å²) in [6.45, 7) is 7.54. The molecule has 0 spiro atoms. The van der Waals surface area contributed by atoms with Gasteiger partial charge in [0.15, 0.2) is 0 Å². The lowest BCUT2D eigenvalue weighted by Crippen LogP contribution is -2.49. The van der Waals surface area contributed by atoms with Crippen molar-refractivity contribution in [3.8, 4) is 0 Å². The number of rotatable bonds is 4. The molecule has 20 heavy (non-hydrogen) atoms. The van der Waals surface area contributed by atoms with E-state index in [4.69, 9.17) is 0 Å². The van der Waals surface area contributed by atoms with Crippen molar-refractivity contribution in [2.75, 3.05) is 51.2 Å². The van der Waals surface area contributed by atoms with E-state index < -0.39 is 0 Å². The highest BCUT2D eigenvalue weighted by Crippen LogP contribution is 2.13. The third-order valence-corrected chi connectivity index (χ3v) is 3.86. The predicted molar refractivity (Wildman–Crippen MR) is 78.4 cm³/mol. The highest BCUT2D eigenvalue weighted by Gasteiger charge is 2.20. The van der Waals surface area contributed by atoms with Gasteiger partial charge in [-0.1, -0.05) is 6.92 Å². The van der Waals surface area contributed by atoms with Gasteiger partial charge in [0, 0.05) is 38.9 Å². The first-order chi connectivity index (χ1) is 9.60. The van der Waals surface area contributed by atoms with Crippen molar-refractivity contribution in [2.24, 2.45) is 0 Å². The Balaban J connectivity index is 1.87. The third-order valence-electron chi connectivity index (χ3n) is 3.86. The fraction of sp³-hybridized carbons (Fsp3) is 0.533. The quantitative estimate of drug-likeness (QED) is 0.834. The molecule has 1 aromatic carbocycles. The van der Waals surface area contributed by atoms with Crippen LogP contribution in [0.25, 0.3) is 0 Å². The van der Waals surface area contributed by atoms with Gasteiger partial charge in [0.1, 0.15) is 5.82 Å². The molecule has 1 saturated heterocycles. The minimum atomic E-state index is -0.287. The molecule has 1 fully saturated rings. The van der Waals surface area contributed by atoms with Gasteiger partial charge in [-0.15, -0.1) is 0 Å². The van der Waals surface area contributed by atoms with Crippen molar-refractivity contribution in [3.05, 3.63) is 30.1 Å². The topological polar surface area (TPSA) is 26.8 Å². The Morgan fingerprint density at radius 2 is 1.70 bits per heavy atom. The number of carbonyl (C=O) groups is 1. The van der Waals surface area contributed by atoms with Gasteiger partial charge < -0.3 is 9.80 Å². The van der Waals surface area contributed by atoms with Crippen molar-refractivity contribution in [1.82, 2.24) is 9.80 Å². The van der Waals surface area contributed by atoms with Crippen LogP contribution in [0.5, 0.6) is 0 Å². The van der Waals surface area contributed by atoms with E-state index in [0.29, 0.717) is 6.54 Å². The number of nitrogens with zero attached hydrogens (tertiary/aromatic N) is 3. The van der Waals surface area contributed by atoms with Gasteiger partial charge in [0.05, 0.1) is 6.54 Å². The second kappa shape index (κ2) is 6.81. The largest absolute Gasteiger partial charge is 0.314 e. The van der Waals surface area contributed by atoms with Crippen LogP contribution in [0.2, 0.25) is 0 Å². The zero-order chi connectivity index (χ0) is 14.5. The molecule has 0 aliphatic carbocycles. The Labute approximate surface area is 119 Å². The molecule has 110 valence electrons. The highest BCUT2D eigenvalue weighted by molar-refractivity contribution is 5.94. The summed E-state index contributed by atoms with van der Waals surface area (Å²) in [7, 11) is 1.73. The van der Waals surface area contributed by atoms with Gasteiger partial charge in [-0.3, -0.25) is 9.69 Å². The average Bonchev–Trinajstić information content (AvgIpc) is 2.48. The second-order valence-corrected chi connectivity index (χ2v) is 5.14. The summed E-state index contributed by atoms with van der Waals surface area (Å²) in [4.78, 5) is 18.4. The second-order valence-electron chi connectivity index (χ2n) is 5.14. The number of carbonyl (C=O) groups excluding carboxylic acids is 1. The van der Waals surface area contributed by atoms with Gasteiger partial charge in [0.25, 0.3) is 0 Å². The minimum absolute atomic E-state index is 0.0431. The fourth-order valence-corrected chi connectivity index (χ4v) is 2.37. The molecule has 1 aromatic rings. The van der Waals surface area contributed by atoms with Crippen LogP contribution in [-0.4, -0.2) is 62.0 Å². The molecule has 1 aliphatic rings. The zero-order valence-corrected chi connectivity index (χ0v) is 12.2. The molecule has 0 aromatic heterocycles. The number of hydrogen-bond acceptors (Lipinski definition) is 3. The SMILES string of the molecule is CCN1CCN(CC(=O)N(C)c2ccc(F)cc2)CC1. The van der Waals surface area contributed by atoms with E-state index in [1.165, 1.54) is 12.1 Å². The van der Waals surface area contributed by atoms with Gasteiger partial charge >= 0.3 is 0 Å². The van der Waals surface area contributed by atoms with Crippen LogP contribution in [0.3, 0.4) is 0 Å². The molecular weight excluding hydrogens is 257 g/mol. The summed E-state index contributed by atoms with van der Waals surface area (Å²) in [5.74, 6) is -0.244. The maximum atomic E-state index is 12.9. The van der Waals surface area contributed by atoms with Gasteiger partial charge in [-0.25, -0.2) is 4.39 Å². The first kappa shape index (κ1) is 14.9. The summed E-state index contributed by atoms with van der Waals surface area (Å²) in [5.41, 5.74) is 0.726. The maximum absolute atomic E-state index is 12.9. The average molecular weight is 279 g/mol. The van der Waals surface area contributed by atoms with Gasteiger partial charge in [0.2, 0.25) is 5.91 Å². The standard InChI is InChI=1S/C15H22FN3O/c1-3-18-8-10-19(11-9-18)12-15(20)17(2)14-6-4-13(16)5-7-14/h4-7H,3,8-12H2,1-2H3. The van der Waals surface area contributed by atoms with E-state index in [0.717, 1.165) is 38.4 Å². The summed E-state index contributed by atoms with van der Waals surface area (Å²) < 4.78 is 12.9. The Hall–Kier alpha value is -1.46. The van der Waals surface area contributed by atoms with Crippen LogP contribution in [0.1, 0.15) is 6.92 Å². The molecule has 0 N–H and O–H groups in total. The van der Waals surface area contributed by atoms with Crippen molar-refractivity contribution in [2.45, 2.75) is 6.92 Å². The summed E-state index contributed by atoms with van der Waals surface area (Å²) >= 11 is 0. The van der Waals surface area contributed by atoms with E-state index in [2.05, 4.69) is 16.7 Å². The monoisotopic (exact) mass is 279 g/mol. The Kier molecular flexibility index (Phi) is 5.09. The Morgan fingerprint density at radius 1 is 1.15 bits per heavy atom. The number of hydrogen-bond donors (Lipinski definition) is 0. The third kappa shape index (κ3) is 3.77. The molecule has 0 atom stereocenters. The van der Waals surface area contributed by atoms with Crippen molar-refractivity contribution >= 4 is 11.6 Å². The lowest BCUT2D eigenvalue weighted by Gasteiger charge is -2.34. The van der Waals surface area contributed by atoms with E-state index in [-0.39, 0.29) is 11.7 Å². The number of benzene rings is 1. The number of amides is 1. The fourth-order valence-electron chi connectivity index (χ4n) is 2.37. The maximum Gasteiger partial charge on any atom is 0.240 e. The van der Waals surface area contributed by atoms with Gasteiger partial charge in [-0.05, 0) is 30.8 Å². The smallest absolute Gasteiger partial charge is 0.240 e. The van der Waals surface area contributed by atoms with Crippen molar-refractivity contribution in [3.63, 3.8) is 0 Å². The predicted octanol–water partition coefficient (Wildman–Crippen LogP) is 1.43. The molecule has 0 radical (unpaired) electrons. The van der Waals surface area contributed by atoms with Crippen LogP contribution >= 0.6 is 0 Å². The normalized spacial score (nSPS) is 17.1. The number of likely N-dealkylation sites (N-methyl/N-ethyl adjacent to an activating group) is 2.